The molecule has 0 saturated heterocycles. The number of aryl methyl sites for hydroxylation is 1. The van der Waals surface area contributed by atoms with Crippen molar-refractivity contribution in [3.8, 4) is 0 Å². The molecule has 0 fully saturated rings. The summed E-state index contributed by atoms with van der Waals surface area (Å²) in [6, 6.07) is 3.60. The molecular formula is C12H16N4O2S. The van der Waals surface area contributed by atoms with E-state index in [4.69, 9.17) is 16.6 Å². The first-order valence-electron chi connectivity index (χ1n) is 6.14. The van der Waals surface area contributed by atoms with E-state index in [2.05, 4.69) is 22.4 Å². The van der Waals surface area contributed by atoms with Crippen molar-refractivity contribution in [2.75, 3.05) is 0 Å². The van der Waals surface area contributed by atoms with Crippen LogP contribution in [0.25, 0.3) is 0 Å². The smallest absolute Gasteiger partial charge is 0.240 e. The Morgan fingerprint density at radius 1 is 1.63 bits per heavy atom. The number of hydrogen-bond acceptors (Lipinski definition) is 4. The lowest BCUT2D eigenvalue weighted by molar-refractivity contribution is -0.122. The normalized spacial score (nSPS) is 10.6. The summed E-state index contributed by atoms with van der Waals surface area (Å²) in [5.41, 5.74) is 0. The fraction of sp³-hybridized carbons (Fsp3) is 0.417. The van der Waals surface area contributed by atoms with Gasteiger partial charge in [0.25, 0.3) is 0 Å². The molecule has 2 N–H and O–H groups in total. The van der Waals surface area contributed by atoms with Crippen molar-refractivity contribution in [2.45, 2.75) is 32.9 Å². The first-order valence-corrected chi connectivity index (χ1v) is 6.54. The zero-order valence-electron chi connectivity index (χ0n) is 10.7. The third-order valence-corrected chi connectivity index (χ3v) is 2.96. The summed E-state index contributed by atoms with van der Waals surface area (Å²) < 4.78 is 7.33. The molecule has 0 aliphatic rings. The zero-order valence-corrected chi connectivity index (χ0v) is 11.5. The molecule has 0 radical (unpaired) electrons. The van der Waals surface area contributed by atoms with E-state index in [0.717, 1.165) is 24.4 Å². The maximum atomic E-state index is 11.9. The number of hydrogen-bond donors (Lipinski definition) is 2. The SMILES string of the molecule is CCCc1n[nH]c(=S)n1CC(=O)NCc1ccco1. The molecule has 2 aromatic heterocycles. The molecule has 0 spiro atoms. The minimum Gasteiger partial charge on any atom is -0.467 e. The van der Waals surface area contributed by atoms with Gasteiger partial charge < -0.3 is 9.73 Å². The number of nitrogens with one attached hydrogen (secondary N) is 2. The summed E-state index contributed by atoms with van der Waals surface area (Å²) >= 11 is 5.12. The second kappa shape index (κ2) is 6.33. The Kier molecular flexibility index (Phi) is 4.51. The van der Waals surface area contributed by atoms with Crippen LogP contribution in [0.4, 0.5) is 0 Å². The zero-order chi connectivity index (χ0) is 13.7. The average molecular weight is 280 g/mol. The number of nitrogens with zero attached hydrogens (tertiary/aromatic N) is 2. The number of amides is 1. The van der Waals surface area contributed by atoms with Gasteiger partial charge in [-0.1, -0.05) is 6.92 Å². The highest BCUT2D eigenvalue weighted by Crippen LogP contribution is 2.02. The van der Waals surface area contributed by atoms with Crippen LogP contribution in [0.5, 0.6) is 0 Å². The first kappa shape index (κ1) is 13.5. The summed E-state index contributed by atoms with van der Waals surface area (Å²) in [7, 11) is 0. The van der Waals surface area contributed by atoms with Gasteiger partial charge in [-0.2, -0.15) is 5.10 Å². The van der Waals surface area contributed by atoms with Crippen molar-refractivity contribution in [2.24, 2.45) is 0 Å². The van der Waals surface area contributed by atoms with Crippen molar-refractivity contribution in [3.63, 3.8) is 0 Å². The van der Waals surface area contributed by atoms with Crippen LogP contribution in [0.15, 0.2) is 22.8 Å². The minimum atomic E-state index is -0.119. The first-order chi connectivity index (χ1) is 9.20. The van der Waals surface area contributed by atoms with Gasteiger partial charge >= 0.3 is 0 Å². The summed E-state index contributed by atoms with van der Waals surface area (Å²) in [5, 5.41) is 9.61. The topological polar surface area (TPSA) is 75.8 Å². The number of aromatic amines is 1. The number of furan rings is 1. The molecule has 102 valence electrons. The lowest BCUT2D eigenvalue weighted by Crippen LogP contribution is -2.27. The maximum absolute atomic E-state index is 11.9. The summed E-state index contributed by atoms with van der Waals surface area (Å²) in [5.74, 6) is 1.41. The van der Waals surface area contributed by atoms with Crippen molar-refractivity contribution in [1.82, 2.24) is 20.1 Å². The van der Waals surface area contributed by atoms with E-state index in [0.29, 0.717) is 11.3 Å². The summed E-state index contributed by atoms with van der Waals surface area (Å²) in [6.07, 6.45) is 3.32. The van der Waals surface area contributed by atoms with Crippen LogP contribution in [0.2, 0.25) is 0 Å². The molecule has 2 aromatic rings. The lowest BCUT2D eigenvalue weighted by Gasteiger charge is -2.06. The number of carbonyl (C=O) groups is 1. The Balaban J connectivity index is 1.95. The Hall–Kier alpha value is -1.89. The van der Waals surface area contributed by atoms with Gasteiger partial charge in [0.1, 0.15) is 18.1 Å². The Morgan fingerprint density at radius 3 is 3.16 bits per heavy atom. The van der Waals surface area contributed by atoms with Gasteiger partial charge in [0.05, 0.1) is 12.8 Å². The molecule has 0 unspecified atom stereocenters. The molecule has 19 heavy (non-hydrogen) atoms. The van der Waals surface area contributed by atoms with Gasteiger partial charge in [0, 0.05) is 6.42 Å². The molecule has 0 bridgehead atoms. The number of rotatable bonds is 6. The average Bonchev–Trinajstić information content (AvgIpc) is 3.01. The molecule has 0 aliphatic carbocycles. The van der Waals surface area contributed by atoms with Crippen LogP contribution < -0.4 is 5.32 Å². The van der Waals surface area contributed by atoms with Gasteiger partial charge in [-0.3, -0.25) is 14.5 Å². The fourth-order valence-electron chi connectivity index (χ4n) is 1.73. The standard InChI is InChI=1S/C12H16N4O2S/c1-2-4-10-14-15-12(19)16(10)8-11(17)13-7-9-5-3-6-18-9/h3,5-6H,2,4,7-8H2,1H3,(H,13,17)(H,15,19). The van der Waals surface area contributed by atoms with Crippen molar-refractivity contribution in [3.05, 3.63) is 34.8 Å². The van der Waals surface area contributed by atoms with E-state index < -0.39 is 0 Å². The van der Waals surface area contributed by atoms with E-state index in [1.807, 2.05) is 6.07 Å². The highest BCUT2D eigenvalue weighted by Gasteiger charge is 2.10. The third kappa shape index (κ3) is 3.54. The summed E-state index contributed by atoms with van der Waals surface area (Å²) in [6.45, 7) is 2.60. The highest BCUT2D eigenvalue weighted by molar-refractivity contribution is 7.71. The Morgan fingerprint density at radius 2 is 2.47 bits per heavy atom. The molecule has 1 amide bonds. The molecular weight excluding hydrogens is 264 g/mol. The van der Waals surface area contributed by atoms with E-state index in [9.17, 15) is 4.79 Å². The minimum absolute atomic E-state index is 0.119. The Bertz CT molecular complexity index is 585. The van der Waals surface area contributed by atoms with Crippen LogP contribution >= 0.6 is 12.2 Å². The Labute approximate surface area is 115 Å². The molecule has 2 rings (SSSR count). The van der Waals surface area contributed by atoms with Gasteiger partial charge in [-0.15, -0.1) is 0 Å². The maximum Gasteiger partial charge on any atom is 0.240 e. The van der Waals surface area contributed by atoms with Gasteiger partial charge in [-0.25, -0.2) is 0 Å². The van der Waals surface area contributed by atoms with E-state index in [-0.39, 0.29) is 12.5 Å². The molecule has 7 heteroatoms. The van der Waals surface area contributed by atoms with Gasteiger partial charge in [-0.05, 0) is 30.8 Å². The lowest BCUT2D eigenvalue weighted by atomic mass is 10.3. The molecule has 0 aromatic carbocycles. The van der Waals surface area contributed by atoms with Crippen LogP contribution in [0.3, 0.4) is 0 Å². The van der Waals surface area contributed by atoms with Crippen LogP contribution in [-0.2, 0) is 24.3 Å². The van der Waals surface area contributed by atoms with Crippen LogP contribution in [0.1, 0.15) is 24.9 Å². The van der Waals surface area contributed by atoms with E-state index in [1.165, 1.54) is 0 Å². The molecule has 0 saturated carbocycles. The third-order valence-electron chi connectivity index (χ3n) is 2.65. The van der Waals surface area contributed by atoms with Crippen molar-refractivity contribution < 1.29 is 9.21 Å². The monoisotopic (exact) mass is 280 g/mol. The van der Waals surface area contributed by atoms with Gasteiger partial charge in [0.15, 0.2) is 4.77 Å². The number of carbonyl (C=O) groups excluding carboxylic acids is 1. The highest BCUT2D eigenvalue weighted by atomic mass is 32.1. The predicted octanol–water partition coefficient (Wildman–Crippen LogP) is 1.80. The van der Waals surface area contributed by atoms with Crippen LogP contribution in [-0.4, -0.2) is 20.7 Å². The van der Waals surface area contributed by atoms with E-state index >= 15 is 0 Å². The number of aromatic nitrogens is 3. The molecule has 6 nitrogen and oxygen atoms in total. The second-order valence-electron chi connectivity index (χ2n) is 4.14. The molecule has 0 atom stereocenters. The fourth-order valence-corrected chi connectivity index (χ4v) is 1.94. The number of H-pyrrole nitrogens is 1. The quantitative estimate of drug-likeness (QED) is 0.791. The van der Waals surface area contributed by atoms with Crippen molar-refractivity contribution >= 4 is 18.1 Å². The largest absolute Gasteiger partial charge is 0.467 e. The van der Waals surface area contributed by atoms with E-state index in [1.54, 1.807) is 16.9 Å². The molecule has 0 aliphatic heterocycles. The summed E-state index contributed by atoms with van der Waals surface area (Å²) in [4.78, 5) is 11.9. The van der Waals surface area contributed by atoms with Crippen LogP contribution in [0, 0.1) is 4.77 Å². The van der Waals surface area contributed by atoms with Gasteiger partial charge in [0.2, 0.25) is 5.91 Å². The second-order valence-corrected chi connectivity index (χ2v) is 4.52. The molecule has 2 heterocycles. The van der Waals surface area contributed by atoms with Crippen molar-refractivity contribution in [1.29, 1.82) is 0 Å². The predicted molar refractivity (Wildman–Crippen MR) is 72.0 cm³/mol.